The van der Waals surface area contributed by atoms with E-state index in [-0.39, 0.29) is 18.4 Å². The fraction of sp³-hybridized carbons (Fsp3) is 0.429. The van der Waals surface area contributed by atoms with Crippen molar-refractivity contribution in [2.24, 2.45) is 0 Å². The molecule has 0 fully saturated rings. The predicted octanol–water partition coefficient (Wildman–Crippen LogP) is 2.10. The summed E-state index contributed by atoms with van der Waals surface area (Å²) in [5.74, 6) is -1.04. The maximum absolute atomic E-state index is 12.0. The summed E-state index contributed by atoms with van der Waals surface area (Å²) < 4.78 is 0. The number of para-hydroxylation sites is 1. The van der Waals surface area contributed by atoms with Gasteiger partial charge < -0.3 is 15.7 Å². The van der Waals surface area contributed by atoms with Gasteiger partial charge in [-0.15, -0.1) is 0 Å². The highest BCUT2D eigenvalue weighted by Crippen LogP contribution is 2.15. The number of carbonyl (C=O) groups is 2. The molecule has 0 atom stereocenters. The summed E-state index contributed by atoms with van der Waals surface area (Å²) in [5.41, 5.74) is 1.36. The third-order valence-electron chi connectivity index (χ3n) is 2.47. The average molecular weight is 264 g/mol. The van der Waals surface area contributed by atoms with Crippen molar-refractivity contribution in [3.05, 3.63) is 29.8 Å². The summed E-state index contributed by atoms with van der Waals surface area (Å²) in [4.78, 5) is 22.4. The highest BCUT2D eigenvalue weighted by atomic mass is 16.4. The second kappa shape index (κ2) is 7.41. The minimum Gasteiger partial charge on any atom is -0.481 e. The van der Waals surface area contributed by atoms with Crippen molar-refractivity contribution in [1.29, 1.82) is 0 Å². The van der Waals surface area contributed by atoms with Crippen LogP contribution in [0.15, 0.2) is 24.3 Å². The van der Waals surface area contributed by atoms with Crippen LogP contribution in [0, 0.1) is 0 Å². The number of aliphatic carboxylic acids is 1. The van der Waals surface area contributed by atoms with Gasteiger partial charge in [0.15, 0.2) is 0 Å². The van der Waals surface area contributed by atoms with Gasteiger partial charge in [-0.25, -0.2) is 0 Å². The minimum absolute atomic E-state index is 0.0617. The number of carboxylic acids is 1. The van der Waals surface area contributed by atoms with Crippen LogP contribution in [0.1, 0.15) is 37.0 Å². The van der Waals surface area contributed by atoms with Crippen LogP contribution in [0.3, 0.4) is 0 Å². The molecule has 1 aromatic carbocycles. The highest BCUT2D eigenvalue weighted by Gasteiger charge is 2.10. The molecule has 1 rings (SSSR count). The molecule has 0 aliphatic carbocycles. The van der Waals surface area contributed by atoms with Gasteiger partial charge in [0.25, 0.3) is 5.91 Å². The maximum atomic E-state index is 12.0. The Morgan fingerprint density at radius 3 is 2.58 bits per heavy atom. The molecule has 0 unspecified atom stereocenters. The Kier molecular flexibility index (Phi) is 5.85. The molecule has 0 aromatic heterocycles. The lowest BCUT2D eigenvalue weighted by Gasteiger charge is -2.14. The van der Waals surface area contributed by atoms with Crippen molar-refractivity contribution in [1.82, 2.24) is 5.32 Å². The van der Waals surface area contributed by atoms with E-state index in [1.165, 1.54) is 0 Å². The number of benzene rings is 1. The Bertz CT molecular complexity index is 444. The minimum atomic E-state index is -0.851. The maximum Gasteiger partial charge on any atom is 0.303 e. The largest absolute Gasteiger partial charge is 0.481 e. The lowest BCUT2D eigenvalue weighted by Crippen LogP contribution is -2.26. The Labute approximate surface area is 113 Å². The second-order valence-electron chi connectivity index (χ2n) is 4.60. The van der Waals surface area contributed by atoms with Gasteiger partial charge in [0.05, 0.1) is 5.56 Å². The number of hydrogen-bond donors (Lipinski definition) is 3. The van der Waals surface area contributed by atoms with Crippen molar-refractivity contribution < 1.29 is 14.7 Å². The number of carbonyl (C=O) groups excluding carboxylic acids is 1. The number of carboxylic acid groups (broad SMARTS) is 1. The van der Waals surface area contributed by atoms with E-state index in [2.05, 4.69) is 10.6 Å². The van der Waals surface area contributed by atoms with Crippen molar-refractivity contribution >= 4 is 17.6 Å². The monoisotopic (exact) mass is 264 g/mol. The molecule has 1 amide bonds. The number of amides is 1. The molecular weight excluding hydrogens is 244 g/mol. The van der Waals surface area contributed by atoms with Crippen LogP contribution < -0.4 is 10.6 Å². The van der Waals surface area contributed by atoms with Crippen LogP contribution in [0.4, 0.5) is 5.69 Å². The van der Waals surface area contributed by atoms with Crippen LogP contribution in [0.5, 0.6) is 0 Å². The lowest BCUT2D eigenvalue weighted by molar-refractivity contribution is -0.137. The molecule has 5 nitrogen and oxygen atoms in total. The summed E-state index contributed by atoms with van der Waals surface area (Å²) in [6, 6.07) is 7.51. The van der Waals surface area contributed by atoms with Crippen LogP contribution in [0.25, 0.3) is 0 Å². The van der Waals surface area contributed by atoms with Crippen molar-refractivity contribution in [2.45, 2.75) is 32.7 Å². The second-order valence-corrected chi connectivity index (χ2v) is 4.60. The van der Waals surface area contributed by atoms with Crippen LogP contribution >= 0.6 is 0 Å². The predicted molar refractivity (Wildman–Crippen MR) is 74.4 cm³/mol. The third kappa shape index (κ3) is 5.42. The molecule has 0 aliphatic heterocycles. The van der Waals surface area contributed by atoms with E-state index in [1.807, 2.05) is 26.0 Å². The van der Waals surface area contributed by atoms with E-state index in [0.29, 0.717) is 18.5 Å². The van der Waals surface area contributed by atoms with Crippen molar-refractivity contribution in [3.8, 4) is 0 Å². The molecule has 1 aromatic rings. The van der Waals surface area contributed by atoms with Crippen molar-refractivity contribution in [3.63, 3.8) is 0 Å². The molecule has 0 bridgehead atoms. The summed E-state index contributed by atoms with van der Waals surface area (Å²) in [6.45, 7) is 4.37. The van der Waals surface area contributed by atoms with Gasteiger partial charge in [0, 0.05) is 24.7 Å². The Hall–Kier alpha value is -2.04. The molecule has 0 saturated heterocycles. The Morgan fingerprint density at radius 1 is 1.26 bits per heavy atom. The SMILES string of the molecule is CC(C)Nc1ccccc1C(=O)NCCCC(=O)O. The van der Waals surface area contributed by atoms with Gasteiger partial charge in [0.2, 0.25) is 0 Å². The quantitative estimate of drug-likeness (QED) is 0.659. The molecule has 0 spiro atoms. The fourth-order valence-corrected chi connectivity index (χ4v) is 1.65. The van der Waals surface area contributed by atoms with Crippen LogP contribution in [-0.2, 0) is 4.79 Å². The van der Waals surface area contributed by atoms with E-state index in [0.717, 1.165) is 5.69 Å². The zero-order valence-electron chi connectivity index (χ0n) is 11.3. The van der Waals surface area contributed by atoms with Gasteiger partial charge in [-0.1, -0.05) is 12.1 Å². The van der Waals surface area contributed by atoms with Gasteiger partial charge in [0.1, 0.15) is 0 Å². The third-order valence-corrected chi connectivity index (χ3v) is 2.47. The number of rotatable bonds is 7. The summed E-state index contributed by atoms with van der Waals surface area (Å²) in [7, 11) is 0. The summed E-state index contributed by atoms with van der Waals surface area (Å²) in [6.07, 6.45) is 0.493. The molecule has 0 saturated carbocycles. The van der Waals surface area contributed by atoms with Gasteiger partial charge in [-0.3, -0.25) is 9.59 Å². The molecule has 0 heterocycles. The first-order chi connectivity index (χ1) is 9.00. The normalized spacial score (nSPS) is 10.3. The van der Waals surface area contributed by atoms with Crippen molar-refractivity contribution in [2.75, 3.05) is 11.9 Å². The molecular formula is C14H20N2O3. The smallest absolute Gasteiger partial charge is 0.303 e. The molecule has 104 valence electrons. The van der Waals surface area contributed by atoms with E-state index >= 15 is 0 Å². The molecule has 5 heteroatoms. The van der Waals surface area contributed by atoms with E-state index < -0.39 is 5.97 Å². The number of anilines is 1. The fourth-order valence-electron chi connectivity index (χ4n) is 1.65. The topological polar surface area (TPSA) is 78.4 Å². The number of hydrogen-bond acceptors (Lipinski definition) is 3. The van der Waals surface area contributed by atoms with Gasteiger partial charge in [-0.2, -0.15) is 0 Å². The van der Waals surface area contributed by atoms with Gasteiger partial charge >= 0.3 is 5.97 Å². The molecule has 0 radical (unpaired) electrons. The van der Waals surface area contributed by atoms with Gasteiger partial charge in [-0.05, 0) is 32.4 Å². The van der Waals surface area contributed by atoms with Crippen LogP contribution in [0.2, 0.25) is 0 Å². The first-order valence-electron chi connectivity index (χ1n) is 6.36. The van der Waals surface area contributed by atoms with E-state index in [1.54, 1.807) is 12.1 Å². The van der Waals surface area contributed by atoms with Crippen LogP contribution in [-0.4, -0.2) is 29.6 Å². The summed E-state index contributed by atoms with van der Waals surface area (Å²) >= 11 is 0. The molecule has 3 N–H and O–H groups in total. The number of nitrogens with one attached hydrogen (secondary N) is 2. The summed E-state index contributed by atoms with van der Waals surface area (Å²) in [5, 5.41) is 14.4. The first-order valence-corrected chi connectivity index (χ1v) is 6.36. The zero-order valence-corrected chi connectivity index (χ0v) is 11.3. The Balaban J connectivity index is 2.58. The Morgan fingerprint density at radius 2 is 1.95 bits per heavy atom. The average Bonchev–Trinajstić information content (AvgIpc) is 2.34. The van der Waals surface area contributed by atoms with E-state index in [4.69, 9.17) is 5.11 Å². The zero-order chi connectivity index (χ0) is 14.3. The molecule has 0 aliphatic rings. The lowest BCUT2D eigenvalue weighted by atomic mass is 10.1. The standard InChI is InChI=1S/C14H20N2O3/c1-10(2)16-12-7-4-3-6-11(12)14(19)15-9-5-8-13(17)18/h3-4,6-7,10,16H,5,8-9H2,1-2H3,(H,15,19)(H,17,18). The van der Waals surface area contributed by atoms with E-state index in [9.17, 15) is 9.59 Å². The first kappa shape index (κ1) is 15.0. The highest BCUT2D eigenvalue weighted by molar-refractivity contribution is 5.99. The molecule has 19 heavy (non-hydrogen) atoms.